The van der Waals surface area contributed by atoms with Crippen LogP contribution < -0.4 is 5.43 Å². The Hall–Kier alpha value is -1.40. The number of nitrogens with zero attached hydrogens (tertiary/aromatic N) is 2. The second-order valence-corrected chi connectivity index (χ2v) is 7.40. The number of nitrogens with one attached hydrogen (secondary N) is 1. The molecule has 0 aromatic carbocycles. The van der Waals surface area contributed by atoms with Crippen molar-refractivity contribution in [3.05, 3.63) is 11.1 Å². The van der Waals surface area contributed by atoms with E-state index >= 15 is 0 Å². The number of likely N-dealkylation sites (N-methyl/N-ethyl adjacent to an activating group) is 1. The maximum atomic E-state index is 12.8. The van der Waals surface area contributed by atoms with Crippen LogP contribution in [0.25, 0.3) is 0 Å². The topological polar surface area (TPSA) is 72.9 Å². The predicted octanol–water partition coefficient (Wildman–Crippen LogP) is 0.958. The average Bonchev–Trinajstić information content (AvgIpc) is 3.05. The van der Waals surface area contributed by atoms with E-state index in [2.05, 4.69) is 17.4 Å². The van der Waals surface area contributed by atoms with E-state index in [0.29, 0.717) is 0 Å². The molecule has 4 atom stereocenters. The number of carboxylic acid groups (broad SMARTS) is 1. The summed E-state index contributed by atoms with van der Waals surface area (Å²) in [6, 6.07) is 0. The lowest BCUT2D eigenvalue weighted by Crippen LogP contribution is -2.55. The fourth-order valence-corrected chi connectivity index (χ4v) is 4.75. The Labute approximate surface area is 137 Å². The van der Waals surface area contributed by atoms with Gasteiger partial charge in [0.2, 0.25) is 5.91 Å². The number of allylic oxidation sites excluding steroid dienone is 2. The summed E-state index contributed by atoms with van der Waals surface area (Å²) in [6.07, 6.45) is 1.84. The molecule has 1 aliphatic heterocycles. The molecule has 2 bridgehead atoms. The molecule has 2 N–H and O–H groups in total. The Balaban J connectivity index is 1.76. The Bertz CT molecular complexity index is 533. The molecule has 128 valence electrons. The molecular weight excluding hydrogens is 294 g/mol. The van der Waals surface area contributed by atoms with Crippen molar-refractivity contribution in [2.75, 3.05) is 33.2 Å². The molecule has 6 heteroatoms. The third-order valence-corrected chi connectivity index (χ3v) is 5.78. The first-order chi connectivity index (χ1) is 10.9. The van der Waals surface area contributed by atoms with Gasteiger partial charge in [0.25, 0.3) is 0 Å². The van der Waals surface area contributed by atoms with Crippen molar-refractivity contribution >= 4 is 11.9 Å². The van der Waals surface area contributed by atoms with Crippen molar-refractivity contribution in [1.29, 1.82) is 0 Å². The van der Waals surface area contributed by atoms with Gasteiger partial charge in [-0.2, -0.15) is 0 Å². The van der Waals surface area contributed by atoms with Crippen LogP contribution in [0.2, 0.25) is 0 Å². The smallest absolute Gasteiger partial charge is 0.307 e. The van der Waals surface area contributed by atoms with Crippen LogP contribution in [0.1, 0.15) is 26.7 Å². The van der Waals surface area contributed by atoms with Crippen LogP contribution in [0.3, 0.4) is 0 Å². The van der Waals surface area contributed by atoms with Gasteiger partial charge in [0.1, 0.15) is 0 Å². The molecule has 3 aliphatic rings. The molecule has 1 amide bonds. The van der Waals surface area contributed by atoms with Gasteiger partial charge in [-0.1, -0.05) is 11.1 Å². The van der Waals surface area contributed by atoms with Gasteiger partial charge in [0, 0.05) is 26.2 Å². The minimum atomic E-state index is -0.825. The zero-order valence-electron chi connectivity index (χ0n) is 14.2. The van der Waals surface area contributed by atoms with Gasteiger partial charge in [-0.05, 0) is 45.6 Å². The van der Waals surface area contributed by atoms with Gasteiger partial charge in [-0.15, -0.1) is 0 Å². The van der Waals surface area contributed by atoms with Gasteiger partial charge < -0.3 is 10.0 Å². The van der Waals surface area contributed by atoms with Crippen molar-refractivity contribution in [1.82, 2.24) is 15.3 Å². The number of piperazine rings is 1. The number of hydrogen-bond donors (Lipinski definition) is 2. The molecule has 3 rings (SSSR count). The van der Waals surface area contributed by atoms with Gasteiger partial charge in [-0.25, -0.2) is 5.01 Å². The van der Waals surface area contributed by atoms with Gasteiger partial charge in [-0.3, -0.25) is 15.0 Å². The molecule has 0 unspecified atom stereocenters. The third kappa shape index (κ3) is 2.90. The number of aliphatic carboxylic acids is 1. The van der Waals surface area contributed by atoms with Crippen LogP contribution in [0.4, 0.5) is 0 Å². The molecular formula is C17H27N3O3. The summed E-state index contributed by atoms with van der Waals surface area (Å²) in [7, 11) is 2.07. The second-order valence-electron chi connectivity index (χ2n) is 7.40. The number of amides is 1. The van der Waals surface area contributed by atoms with E-state index in [0.717, 1.165) is 39.0 Å². The van der Waals surface area contributed by atoms with Crippen molar-refractivity contribution < 1.29 is 14.7 Å². The minimum Gasteiger partial charge on any atom is -0.481 e. The largest absolute Gasteiger partial charge is 0.481 e. The van der Waals surface area contributed by atoms with Crippen molar-refractivity contribution in [2.45, 2.75) is 26.7 Å². The van der Waals surface area contributed by atoms with E-state index in [1.54, 1.807) is 0 Å². The second kappa shape index (κ2) is 6.24. The molecule has 2 aliphatic carbocycles. The standard InChI is InChI=1S/C17H27N3O3/c1-10(2)13-11-4-5-12(13)15(17(22)23)14(11)16(21)18-20-8-6-19(3)7-9-20/h11-12,14-15H,4-9H2,1-3H3,(H,18,21)(H,22,23)/t11-,12-,14+,15+/m1/s1. The first kappa shape index (κ1) is 16.5. The van der Waals surface area contributed by atoms with Crippen LogP contribution in [0, 0.1) is 23.7 Å². The van der Waals surface area contributed by atoms with Gasteiger partial charge in [0.05, 0.1) is 11.8 Å². The highest BCUT2D eigenvalue weighted by molar-refractivity contribution is 5.87. The van der Waals surface area contributed by atoms with Crippen LogP contribution in [-0.2, 0) is 9.59 Å². The molecule has 1 heterocycles. The van der Waals surface area contributed by atoms with E-state index < -0.39 is 17.8 Å². The molecule has 3 fully saturated rings. The third-order valence-electron chi connectivity index (χ3n) is 5.78. The average molecular weight is 321 g/mol. The predicted molar refractivity (Wildman–Crippen MR) is 86.4 cm³/mol. The van der Waals surface area contributed by atoms with Crippen LogP contribution >= 0.6 is 0 Å². The maximum Gasteiger partial charge on any atom is 0.307 e. The number of fused-ring (bicyclic) bond motifs is 2. The zero-order chi connectivity index (χ0) is 16.7. The summed E-state index contributed by atoms with van der Waals surface area (Å²) >= 11 is 0. The summed E-state index contributed by atoms with van der Waals surface area (Å²) in [6.45, 7) is 7.49. The molecule has 0 spiro atoms. The van der Waals surface area contributed by atoms with Crippen molar-refractivity contribution in [3.63, 3.8) is 0 Å². The lowest BCUT2D eigenvalue weighted by Gasteiger charge is -2.34. The van der Waals surface area contributed by atoms with Crippen LogP contribution in [0.5, 0.6) is 0 Å². The highest BCUT2D eigenvalue weighted by atomic mass is 16.4. The van der Waals surface area contributed by atoms with Crippen LogP contribution in [-0.4, -0.2) is 60.1 Å². The molecule has 23 heavy (non-hydrogen) atoms. The maximum absolute atomic E-state index is 12.8. The van der Waals surface area contributed by atoms with E-state index in [1.165, 1.54) is 11.1 Å². The first-order valence-corrected chi connectivity index (χ1v) is 8.54. The van der Waals surface area contributed by atoms with Gasteiger partial charge in [0.15, 0.2) is 0 Å². The number of hydrazine groups is 1. The normalized spacial score (nSPS) is 34.7. The molecule has 0 radical (unpaired) electrons. The van der Waals surface area contributed by atoms with E-state index in [-0.39, 0.29) is 17.7 Å². The molecule has 0 aromatic heterocycles. The Kier molecular flexibility index (Phi) is 4.47. The number of hydrogen-bond acceptors (Lipinski definition) is 4. The Morgan fingerprint density at radius 2 is 1.61 bits per heavy atom. The fraction of sp³-hybridized carbons (Fsp3) is 0.765. The minimum absolute atomic E-state index is 0.0470. The number of carboxylic acids is 1. The molecule has 6 nitrogen and oxygen atoms in total. The van der Waals surface area contributed by atoms with Crippen LogP contribution in [0.15, 0.2) is 11.1 Å². The molecule has 2 saturated carbocycles. The SMILES string of the molecule is CC(C)=C1[C@H]2CC[C@H]1[C@H](C(=O)NN1CCN(C)CC1)[C@H]2C(=O)O. The van der Waals surface area contributed by atoms with Crippen molar-refractivity contribution in [3.8, 4) is 0 Å². The molecule has 0 aromatic rings. The Morgan fingerprint density at radius 1 is 1.04 bits per heavy atom. The highest BCUT2D eigenvalue weighted by Gasteiger charge is 2.57. The highest BCUT2D eigenvalue weighted by Crippen LogP contribution is 2.57. The fourth-order valence-electron chi connectivity index (χ4n) is 4.75. The Morgan fingerprint density at radius 3 is 2.13 bits per heavy atom. The summed E-state index contributed by atoms with van der Waals surface area (Å²) in [5.74, 6) is -1.76. The van der Waals surface area contributed by atoms with E-state index in [1.807, 2.05) is 18.9 Å². The lowest BCUT2D eigenvalue weighted by molar-refractivity contribution is -0.151. The summed E-state index contributed by atoms with van der Waals surface area (Å²) in [5, 5.41) is 11.6. The van der Waals surface area contributed by atoms with Crippen molar-refractivity contribution in [2.24, 2.45) is 23.7 Å². The van der Waals surface area contributed by atoms with E-state index in [4.69, 9.17) is 0 Å². The summed E-state index contributed by atoms with van der Waals surface area (Å²) in [4.78, 5) is 26.8. The monoisotopic (exact) mass is 321 g/mol. The van der Waals surface area contributed by atoms with E-state index in [9.17, 15) is 14.7 Å². The number of rotatable bonds is 3. The first-order valence-electron chi connectivity index (χ1n) is 8.54. The van der Waals surface area contributed by atoms with Gasteiger partial charge >= 0.3 is 5.97 Å². The number of carbonyl (C=O) groups excluding carboxylic acids is 1. The number of carbonyl (C=O) groups is 2. The lowest BCUT2D eigenvalue weighted by atomic mass is 9.79. The zero-order valence-corrected chi connectivity index (χ0v) is 14.2. The summed E-state index contributed by atoms with van der Waals surface area (Å²) in [5.41, 5.74) is 5.42. The molecule has 1 saturated heterocycles. The summed E-state index contributed by atoms with van der Waals surface area (Å²) < 4.78 is 0. The quantitative estimate of drug-likeness (QED) is 0.758.